The Morgan fingerprint density at radius 2 is 1.76 bits per heavy atom. The van der Waals surface area contributed by atoms with Crippen LogP contribution in [-0.2, 0) is 9.59 Å². The molecule has 0 bridgehead atoms. The standard InChI is InChI=1S/C27H30ClN3O2S/c28-21-8-6-7-20(17-21)18-25-27(33)31(23-11-4-5-12-24(23)34-25)19-26(32)30-15-13-29(14-16-30)22-9-2-1-3-10-22/h4-8,11-12,17-18,22H,1-3,9-10,13-16,19H2/b25-18-. The fourth-order valence-electron chi connectivity index (χ4n) is 5.18. The molecule has 0 unspecified atom stereocenters. The second kappa shape index (κ2) is 10.5. The predicted octanol–water partition coefficient (Wildman–Crippen LogP) is 5.30. The average molecular weight is 496 g/mol. The first-order valence-corrected chi connectivity index (χ1v) is 13.4. The van der Waals surface area contributed by atoms with E-state index in [9.17, 15) is 9.59 Å². The molecule has 1 saturated heterocycles. The number of anilines is 1. The zero-order valence-corrected chi connectivity index (χ0v) is 20.9. The smallest absolute Gasteiger partial charge is 0.265 e. The van der Waals surface area contributed by atoms with Crippen LogP contribution in [0.5, 0.6) is 0 Å². The van der Waals surface area contributed by atoms with E-state index in [1.165, 1.54) is 43.9 Å². The van der Waals surface area contributed by atoms with Gasteiger partial charge in [0.25, 0.3) is 5.91 Å². The average Bonchev–Trinajstić information content (AvgIpc) is 2.87. The lowest BCUT2D eigenvalue weighted by Gasteiger charge is -2.41. The number of nitrogens with zero attached hydrogens (tertiary/aromatic N) is 3. The summed E-state index contributed by atoms with van der Waals surface area (Å²) in [5.74, 6) is -0.127. The minimum absolute atomic E-state index is 0.0143. The zero-order chi connectivity index (χ0) is 23.5. The highest BCUT2D eigenvalue weighted by atomic mass is 35.5. The van der Waals surface area contributed by atoms with Gasteiger partial charge in [-0.25, -0.2) is 0 Å². The molecule has 0 spiro atoms. The van der Waals surface area contributed by atoms with Crippen molar-refractivity contribution in [1.29, 1.82) is 0 Å². The van der Waals surface area contributed by atoms with Crippen molar-refractivity contribution in [3.8, 4) is 0 Å². The first kappa shape index (κ1) is 23.5. The largest absolute Gasteiger partial charge is 0.339 e. The van der Waals surface area contributed by atoms with E-state index in [1.807, 2.05) is 59.5 Å². The highest BCUT2D eigenvalue weighted by Gasteiger charge is 2.33. The lowest BCUT2D eigenvalue weighted by Crippen LogP contribution is -2.54. The van der Waals surface area contributed by atoms with Gasteiger partial charge in [-0.3, -0.25) is 19.4 Å². The fourth-order valence-corrected chi connectivity index (χ4v) is 6.44. The Hall–Kier alpha value is -2.28. The second-order valence-corrected chi connectivity index (χ2v) is 10.8. The number of hydrogen-bond acceptors (Lipinski definition) is 4. The van der Waals surface area contributed by atoms with Crippen LogP contribution < -0.4 is 4.90 Å². The molecule has 2 aromatic carbocycles. The van der Waals surface area contributed by atoms with E-state index >= 15 is 0 Å². The third-order valence-electron chi connectivity index (χ3n) is 7.03. The van der Waals surface area contributed by atoms with Gasteiger partial charge in [-0.2, -0.15) is 0 Å². The molecule has 2 aliphatic heterocycles. The number of thioether (sulfide) groups is 1. The first-order valence-electron chi connectivity index (χ1n) is 12.2. The van der Waals surface area contributed by atoms with Gasteiger partial charge in [0, 0.05) is 42.1 Å². The van der Waals surface area contributed by atoms with E-state index in [0.717, 1.165) is 42.3 Å². The number of fused-ring (bicyclic) bond motifs is 1. The highest BCUT2D eigenvalue weighted by Crippen LogP contribution is 2.42. The topological polar surface area (TPSA) is 43.9 Å². The number of amides is 2. The summed E-state index contributed by atoms with van der Waals surface area (Å²) in [5, 5.41) is 0.627. The lowest BCUT2D eigenvalue weighted by atomic mass is 9.94. The lowest BCUT2D eigenvalue weighted by molar-refractivity contribution is -0.133. The molecular weight excluding hydrogens is 466 g/mol. The van der Waals surface area contributed by atoms with Crippen LogP contribution in [0.4, 0.5) is 5.69 Å². The van der Waals surface area contributed by atoms with Gasteiger partial charge in [0.1, 0.15) is 6.54 Å². The SMILES string of the molecule is O=C(CN1C(=O)/C(=C/c2cccc(Cl)c2)Sc2ccccc21)N1CCN(C2CCCCC2)CC1. The molecule has 1 aliphatic carbocycles. The molecule has 0 aromatic heterocycles. The van der Waals surface area contributed by atoms with Crippen molar-refractivity contribution in [3.63, 3.8) is 0 Å². The second-order valence-electron chi connectivity index (χ2n) is 9.23. The summed E-state index contributed by atoms with van der Waals surface area (Å²) in [4.78, 5) is 34.5. The number of halogens is 1. The van der Waals surface area contributed by atoms with Crippen molar-refractivity contribution in [2.75, 3.05) is 37.6 Å². The van der Waals surface area contributed by atoms with Crippen LogP contribution in [0, 0.1) is 0 Å². The van der Waals surface area contributed by atoms with Crippen LogP contribution in [0.3, 0.4) is 0 Å². The Morgan fingerprint density at radius 1 is 1.00 bits per heavy atom. The number of hydrogen-bond donors (Lipinski definition) is 0. The Kier molecular flexibility index (Phi) is 7.28. The Labute approximate surface area is 210 Å². The van der Waals surface area contributed by atoms with Crippen molar-refractivity contribution in [2.24, 2.45) is 0 Å². The minimum atomic E-state index is -0.141. The summed E-state index contributed by atoms with van der Waals surface area (Å²) >= 11 is 7.58. The molecule has 178 valence electrons. The van der Waals surface area contributed by atoms with Gasteiger partial charge in [0.15, 0.2) is 0 Å². The van der Waals surface area contributed by atoms with Crippen molar-refractivity contribution >= 4 is 46.9 Å². The van der Waals surface area contributed by atoms with Crippen LogP contribution in [0.25, 0.3) is 6.08 Å². The fraction of sp³-hybridized carbons (Fsp3) is 0.407. The monoisotopic (exact) mass is 495 g/mol. The summed E-state index contributed by atoms with van der Waals surface area (Å²) in [6.07, 6.45) is 8.42. The van der Waals surface area contributed by atoms with Gasteiger partial charge in [-0.1, -0.05) is 66.9 Å². The molecule has 34 heavy (non-hydrogen) atoms. The number of benzene rings is 2. The van der Waals surface area contributed by atoms with Crippen LogP contribution in [0.1, 0.15) is 37.7 Å². The van der Waals surface area contributed by atoms with Crippen molar-refractivity contribution in [2.45, 2.75) is 43.0 Å². The van der Waals surface area contributed by atoms with Crippen molar-refractivity contribution in [1.82, 2.24) is 9.80 Å². The van der Waals surface area contributed by atoms with Crippen LogP contribution in [0.15, 0.2) is 58.3 Å². The summed E-state index contributed by atoms with van der Waals surface area (Å²) in [7, 11) is 0. The van der Waals surface area contributed by atoms with Crippen molar-refractivity contribution in [3.05, 3.63) is 64.0 Å². The summed E-state index contributed by atoms with van der Waals surface area (Å²) in [6.45, 7) is 3.39. The van der Waals surface area contributed by atoms with E-state index in [-0.39, 0.29) is 18.4 Å². The molecule has 5 nitrogen and oxygen atoms in total. The maximum absolute atomic E-state index is 13.5. The highest BCUT2D eigenvalue weighted by molar-refractivity contribution is 8.04. The maximum Gasteiger partial charge on any atom is 0.265 e. The molecule has 5 rings (SSSR count). The number of carbonyl (C=O) groups is 2. The molecular formula is C27H30ClN3O2S. The first-order chi connectivity index (χ1) is 16.6. The van der Waals surface area contributed by atoms with E-state index in [1.54, 1.807) is 4.90 Å². The van der Waals surface area contributed by atoms with E-state index in [0.29, 0.717) is 16.0 Å². The molecule has 3 aliphatic rings. The maximum atomic E-state index is 13.5. The summed E-state index contributed by atoms with van der Waals surface area (Å²) in [5.41, 5.74) is 1.67. The summed E-state index contributed by atoms with van der Waals surface area (Å²) < 4.78 is 0. The van der Waals surface area contributed by atoms with Gasteiger partial charge in [-0.15, -0.1) is 0 Å². The number of para-hydroxylation sites is 1. The Morgan fingerprint density at radius 3 is 2.53 bits per heavy atom. The molecule has 2 fully saturated rings. The van der Waals surface area contributed by atoms with Gasteiger partial charge in [0.2, 0.25) is 5.91 Å². The quantitative estimate of drug-likeness (QED) is 0.540. The Balaban J connectivity index is 1.30. The van der Waals surface area contributed by atoms with E-state index in [2.05, 4.69) is 4.90 Å². The zero-order valence-electron chi connectivity index (χ0n) is 19.3. The van der Waals surface area contributed by atoms with E-state index in [4.69, 9.17) is 11.6 Å². The van der Waals surface area contributed by atoms with Crippen LogP contribution in [0.2, 0.25) is 5.02 Å². The van der Waals surface area contributed by atoms with Crippen LogP contribution >= 0.6 is 23.4 Å². The molecule has 0 atom stereocenters. The van der Waals surface area contributed by atoms with Crippen molar-refractivity contribution < 1.29 is 9.59 Å². The molecule has 2 amide bonds. The number of piperazine rings is 1. The van der Waals surface area contributed by atoms with Gasteiger partial charge in [0.05, 0.1) is 10.6 Å². The van der Waals surface area contributed by atoms with Crippen LogP contribution in [-0.4, -0.2) is 60.4 Å². The van der Waals surface area contributed by atoms with E-state index < -0.39 is 0 Å². The molecule has 0 radical (unpaired) electrons. The molecule has 7 heteroatoms. The molecule has 0 N–H and O–H groups in total. The molecule has 2 aromatic rings. The number of carbonyl (C=O) groups excluding carboxylic acids is 2. The Bertz CT molecular complexity index is 1090. The third-order valence-corrected chi connectivity index (χ3v) is 8.34. The number of rotatable bonds is 4. The molecule has 2 heterocycles. The normalized spacial score (nSPS) is 21.1. The molecule has 1 saturated carbocycles. The van der Waals surface area contributed by atoms with Gasteiger partial charge in [-0.05, 0) is 48.7 Å². The minimum Gasteiger partial charge on any atom is -0.339 e. The summed E-state index contributed by atoms with van der Waals surface area (Å²) in [6, 6.07) is 15.9. The third kappa shape index (κ3) is 5.19. The van der Waals surface area contributed by atoms with Gasteiger partial charge >= 0.3 is 0 Å². The predicted molar refractivity (Wildman–Crippen MR) is 139 cm³/mol. The van der Waals surface area contributed by atoms with Gasteiger partial charge < -0.3 is 4.90 Å².